The highest BCUT2D eigenvalue weighted by Crippen LogP contribution is 2.19. The smallest absolute Gasteiger partial charge is 0.239 e. The van der Waals surface area contributed by atoms with E-state index in [4.69, 9.17) is 5.73 Å². The molecule has 1 unspecified atom stereocenters. The molecule has 0 heterocycles. The Labute approximate surface area is 91.2 Å². The Bertz CT molecular complexity index is 221. The number of nitrogens with one attached hydrogen (secondary N) is 1. The molecule has 1 amide bonds. The zero-order chi connectivity index (χ0) is 11.5. The number of carbonyl (C=O) groups excluding carboxylic acids is 1. The second kappa shape index (κ2) is 4.94. The van der Waals surface area contributed by atoms with Gasteiger partial charge < -0.3 is 16.2 Å². The first-order chi connectivity index (χ1) is 6.95. The molecule has 0 aliphatic heterocycles. The zero-order valence-electron chi connectivity index (χ0n) is 9.62. The lowest BCUT2D eigenvalue weighted by molar-refractivity contribution is -0.127. The maximum absolute atomic E-state index is 11.7. The minimum absolute atomic E-state index is 0.0774. The standard InChI is InChI=1S/C11H22N2O2/c1-3-11(2,12)10(15)13-8-4-6-9(14)7-5-8/h8-9,14H,3-7,12H2,1-2H3,(H,13,15). The fourth-order valence-electron chi connectivity index (χ4n) is 1.73. The Kier molecular flexibility index (Phi) is 4.11. The predicted molar refractivity (Wildman–Crippen MR) is 59.3 cm³/mol. The summed E-state index contributed by atoms with van der Waals surface area (Å²) in [5.74, 6) is -0.0774. The zero-order valence-corrected chi connectivity index (χ0v) is 9.62. The van der Waals surface area contributed by atoms with E-state index in [0.29, 0.717) is 6.42 Å². The van der Waals surface area contributed by atoms with Gasteiger partial charge in [0.25, 0.3) is 0 Å². The number of hydrogen-bond donors (Lipinski definition) is 3. The number of amides is 1. The molecule has 1 saturated carbocycles. The van der Waals surface area contributed by atoms with E-state index in [1.807, 2.05) is 6.92 Å². The van der Waals surface area contributed by atoms with E-state index in [-0.39, 0.29) is 18.1 Å². The molecule has 15 heavy (non-hydrogen) atoms. The molecule has 0 bridgehead atoms. The summed E-state index contributed by atoms with van der Waals surface area (Å²) in [6.07, 6.45) is 3.71. The third-order valence-electron chi connectivity index (χ3n) is 3.29. The lowest BCUT2D eigenvalue weighted by atomic mass is 9.91. The first-order valence-electron chi connectivity index (χ1n) is 5.73. The molecular weight excluding hydrogens is 192 g/mol. The Morgan fingerprint density at radius 3 is 2.47 bits per heavy atom. The van der Waals surface area contributed by atoms with Crippen LogP contribution in [-0.4, -0.2) is 28.7 Å². The molecule has 1 aliphatic carbocycles. The number of rotatable bonds is 3. The van der Waals surface area contributed by atoms with Crippen molar-refractivity contribution < 1.29 is 9.90 Å². The van der Waals surface area contributed by atoms with Gasteiger partial charge in [-0.1, -0.05) is 6.92 Å². The number of aliphatic hydroxyl groups excluding tert-OH is 1. The maximum Gasteiger partial charge on any atom is 0.239 e. The van der Waals surface area contributed by atoms with Gasteiger partial charge in [0, 0.05) is 6.04 Å². The van der Waals surface area contributed by atoms with Crippen molar-refractivity contribution >= 4 is 5.91 Å². The highest BCUT2D eigenvalue weighted by molar-refractivity contribution is 5.85. The number of hydrogen-bond acceptors (Lipinski definition) is 3. The number of carbonyl (C=O) groups is 1. The van der Waals surface area contributed by atoms with Gasteiger partial charge in [0.1, 0.15) is 0 Å². The molecule has 1 rings (SSSR count). The van der Waals surface area contributed by atoms with E-state index in [1.165, 1.54) is 0 Å². The highest BCUT2D eigenvalue weighted by atomic mass is 16.3. The van der Waals surface area contributed by atoms with Crippen LogP contribution in [0, 0.1) is 0 Å². The van der Waals surface area contributed by atoms with Gasteiger partial charge in [0.2, 0.25) is 5.91 Å². The molecule has 0 radical (unpaired) electrons. The summed E-state index contributed by atoms with van der Waals surface area (Å²) >= 11 is 0. The topological polar surface area (TPSA) is 75.4 Å². The van der Waals surface area contributed by atoms with Crippen LogP contribution in [0.5, 0.6) is 0 Å². The normalized spacial score (nSPS) is 30.7. The lowest BCUT2D eigenvalue weighted by Gasteiger charge is -2.30. The first-order valence-corrected chi connectivity index (χ1v) is 5.73. The second-order valence-electron chi connectivity index (χ2n) is 4.75. The van der Waals surface area contributed by atoms with Gasteiger partial charge in [-0.2, -0.15) is 0 Å². The predicted octanol–water partition coefficient (Wildman–Crippen LogP) is 0.533. The van der Waals surface area contributed by atoms with Gasteiger partial charge in [-0.05, 0) is 39.0 Å². The van der Waals surface area contributed by atoms with Crippen molar-refractivity contribution in [2.75, 3.05) is 0 Å². The van der Waals surface area contributed by atoms with Crippen LogP contribution in [0.15, 0.2) is 0 Å². The molecule has 4 nitrogen and oxygen atoms in total. The van der Waals surface area contributed by atoms with Gasteiger partial charge in [0.15, 0.2) is 0 Å². The third kappa shape index (κ3) is 3.47. The third-order valence-corrected chi connectivity index (χ3v) is 3.29. The van der Waals surface area contributed by atoms with Crippen LogP contribution in [0.3, 0.4) is 0 Å². The van der Waals surface area contributed by atoms with Crippen LogP contribution in [0.1, 0.15) is 46.0 Å². The van der Waals surface area contributed by atoms with E-state index in [1.54, 1.807) is 6.92 Å². The summed E-state index contributed by atoms with van der Waals surface area (Å²) in [6.45, 7) is 3.66. The molecular formula is C11H22N2O2. The van der Waals surface area contributed by atoms with Gasteiger partial charge in [-0.3, -0.25) is 4.79 Å². The van der Waals surface area contributed by atoms with Gasteiger partial charge in [-0.25, -0.2) is 0 Å². The van der Waals surface area contributed by atoms with E-state index < -0.39 is 5.54 Å². The van der Waals surface area contributed by atoms with Crippen molar-refractivity contribution in [2.45, 2.75) is 63.6 Å². The SMILES string of the molecule is CCC(C)(N)C(=O)NC1CCC(O)CC1. The van der Waals surface area contributed by atoms with E-state index >= 15 is 0 Å². The number of aliphatic hydroxyl groups is 1. The first kappa shape index (κ1) is 12.5. The Balaban J connectivity index is 2.39. The van der Waals surface area contributed by atoms with Crippen molar-refractivity contribution in [2.24, 2.45) is 5.73 Å². The molecule has 88 valence electrons. The van der Waals surface area contributed by atoms with E-state index in [9.17, 15) is 9.90 Å². The van der Waals surface area contributed by atoms with Gasteiger partial charge in [0.05, 0.1) is 11.6 Å². The summed E-state index contributed by atoms with van der Waals surface area (Å²) in [7, 11) is 0. The Morgan fingerprint density at radius 1 is 1.47 bits per heavy atom. The van der Waals surface area contributed by atoms with Crippen LogP contribution >= 0.6 is 0 Å². The van der Waals surface area contributed by atoms with Crippen LogP contribution in [-0.2, 0) is 4.79 Å². The van der Waals surface area contributed by atoms with Crippen molar-refractivity contribution in [3.8, 4) is 0 Å². The maximum atomic E-state index is 11.7. The summed E-state index contributed by atoms with van der Waals surface area (Å²) in [6, 6.07) is 0.190. The molecule has 0 aromatic heterocycles. The summed E-state index contributed by atoms with van der Waals surface area (Å²) in [5.41, 5.74) is 5.07. The van der Waals surface area contributed by atoms with E-state index in [2.05, 4.69) is 5.32 Å². The summed E-state index contributed by atoms with van der Waals surface area (Å²) in [4.78, 5) is 11.7. The van der Waals surface area contributed by atoms with Gasteiger partial charge in [-0.15, -0.1) is 0 Å². The molecule has 1 atom stereocenters. The monoisotopic (exact) mass is 214 g/mol. The van der Waals surface area contributed by atoms with Crippen molar-refractivity contribution in [1.29, 1.82) is 0 Å². The van der Waals surface area contributed by atoms with Crippen molar-refractivity contribution in [3.05, 3.63) is 0 Å². The average molecular weight is 214 g/mol. The van der Waals surface area contributed by atoms with Crippen LogP contribution in [0.25, 0.3) is 0 Å². The average Bonchev–Trinajstić information content (AvgIpc) is 2.21. The van der Waals surface area contributed by atoms with Crippen LogP contribution < -0.4 is 11.1 Å². The largest absolute Gasteiger partial charge is 0.393 e. The fraction of sp³-hybridized carbons (Fsp3) is 0.909. The Hall–Kier alpha value is -0.610. The number of nitrogens with two attached hydrogens (primary N) is 1. The molecule has 4 N–H and O–H groups in total. The molecule has 1 aliphatic rings. The molecule has 0 aromatic carbocycles. The second-order valence-corrected chi connectivity index (χ2v) is 4.75. The molecule has 0 saturated heterocycles. The fourth-order valence-corrected chi connectivity index (χ4v) is 1.73. The summed E-state index contributed by atoms with van der Waals surface area (Å²) in [5, 5.41) is 12.3. The van der Waals surface area contributed by atoms with Crippen LogP contribution in [0.4, 0.5) is 0 Å². The Morgan fingerprint density at radius 2 is 2.00 bits per heavy atom. The molecule has 1 fully saturated rings. The lowest BCUT2D eigenvalue weighted by Crippen LogP contribution is -2.54. The molecule has 0 spiro atoms. The van der Waals surface area contributed by atoms with Crippen LogP contribution in [0.2, 0.25) is 0 Å². The molecule has 0 aromatic rings. The minimum Gasteiger partial charge on any atom is -0.393 e. The van der Waals surface area contributed by atoms with Crippen molar-refractivity contribution in [3.63, 3.8) is 0 Å². The summed E-state index contributed by atoms with van der Waals surface area (Å²) < 4.78 is 0. The minimum atomic E-state index is -0.768. The van der Waals surface area contributed by atoms with Crippen molar-refractivity contribution in [1.82, 2.24) is 5.32 Å². The molecule has 4 heteroatoms. The quantitative estimate of drug-likeness (QED) is 0.641. The van der Waals surface area contributed by atoms with Gasteiger partial charge >= 0.3 is 0 Å². The van der Waals surface area contributed by atoms with E-state index in [0.717, 1.165) is 25.7 Å². The highest BCUT2D eigenvalue weighted by Gasteiger charge is 2.29.